The minimum atomic E-state index is -4.38. The molecule has 6 heteroatoms. The average Bonchev–Trinajstić information content (AvgIpc) is 2.89. The highest BCUT2D eigenvalue weighted by Crippen LogP contribution is 2.35. The quantitative estimate of drug-likeness (QED) is 0.705. The molecule has 0 atom stereocenters. The first-order chi connectivity index (χ1) is 9.41. The van der Waals surface area contributed by atoms with Crippen LogP contribution in [0.5, 0.6) is 0 Å². The zero-order valence-corrected chi connectivity index (χ0v) is 12.3. The third-order valence-electron chi connectivity index (χ3n) is 2.96. The summed E-state index contributed by atoms with van der Waals surface area (Å²) in [6.07, 6.45) is -4.38. The largest absolute Gasteiger partial charge is 0.416 e. The number of hydrogen-bond acceptors (Lipinski definition) is 2. The fourth-order valence-electron chi connectivity index (χ4n) is 1.91. The van der Waals surface area contributed by atoms with Crippen molar-refractivity contribution in [2.45, 2.75) is 18.6 Å². The second-order valence-corrected chi connectivity index (χ2v) is 5.71. The maximum atomic E-state index is 13.0. The maximum Gasteiger partial charge on any atom is 0.416 e. The van der Waals surface area contributed by atoms with Gasteiger partial charge in [-0.3, -0.25) is 0 Å². The van der Waals surface area contributed by atoms with Gasteiger partial charge in [-0.05, 0) is 29.1 Å². The summed E-state index contributed by atoms with van der Waals surface area (Å²) in [5, 5.41) is 1.95. The van der Waals surface area contributed by atoms with Gasteiger partial charge in [0.1, 0.15) is 0 Å². The summed E-state index contributed by atoms with van der Waals surface area (Å²) in [5.41, 5.74) is -0.0324. The Morgan fingerprint density at radius 2 is 2.00 bits per heavy atom. The van der Waals surface area contributed by atoms with Gasteiger partial charge in [0.15, 0.2) is 0 Å². The second kappa shape index (κ2) is 6.06. The van der Waals surface area contributed by atoms with E-state index in [9.17, 15) is 13.2 Å². The Labute approximate surface area is 124 Å². The van der Waals surface area contributed by atoms with Crippen LogP contribution in [-0.2, 0) is 18.6 Å². The molecular weight excluding hydrogens is 307 g/mol. The van der Waals surface area contributed by atoms with Crippen LogP contribution in [0.3, 0.4) is 0 Å². The summed E-state index contributed by atoms with van der Waals surface area (Å²) in [6.45, 7) is 0.579. The Morgan fingerprint density at radius 1 is 1.25 bits per heavy atom. The molecule has 0 aliphatic rings. The van der Waals surface area contributed by atoms with E-state index < -0.39 is 11.7 Å². The standard InChI is InChI=1S/C14H13ClF3NS/c1-19(9-12-3-2-6-20-12)11-5-4-10(8-15)13(7-11)14(16,17)18/h2-7H,8-9H2,1H3. The van der Waals surface area contributed by atoms with E-state index in [-0.39, 0.29) is 11.4 Å². The van der Waals surface area contributed by atoms with Crippen LogP contribution in [0.4, 0.5) is 18.9 Å². The van der Waals surface area contributed by atoms with E-state index >= 15 is 0 Å². The van der Waals surface area contributed by atoms with Gasteiger partial charge in [0.25, 0.3) is 0 Å². The molecule has 2 aromatic rings. The first kappa shape index (κ1) is 15.2. The van der Waals surface area contributed by atoms with Gasteiger partial charge in [0.2, 0.25) is 0 Å². The Morgan fingerprint density at radius 3 is 2.55 bits per heavy atom. The van der Waals surface area contributed by atoms with Crippen molar-refractivity contribution < 1.29 is 13.2 Å². The molecule has 0 saturated heterocycles. The highest BCUT2D eigenvalue weighted by molar-refractivity contribution is 7.09. The molecule has 1 aromatic carbocycles. The van der Waals surface area contributed by atoms with Gasteiger partial charge < -0.3 is 4.90 Å². The number of hydrogen-bond donors (Lipinski definition) is 0. The molecule has 108 valence electrons. The lowest BCUT2D eigenvalue weighted by atomic mass is 10.1. The van der Waals surface area contributed by atoms with Crippen molar-refractivity contribution in [3.05, 3.63) is 51.7 Å². The monoisotopic (exact) mass is 319 g/mol. The zero-order chi connectivity index (χ0) is 14.8. The molecule has 1 aromatic heterocycles. The smallest absolute Gasteiger partial charge is 0.369 e. The van der Waals surface area contributed by atoms with Crippen LogP contribution in [0.15, 0.2) is 35.7 Å². The lowest BCUT2D eigenvalue weighted by Crippen LogP contribution is -2.17. The van der Waals surface area contributed by atoms with Gasteiger partial charge in [-0.25, -0.2) is 0 Å². The molecule has 0 amide bonds. The van der Waals surface area contributed by atoms with Crippen LogP contribution < -0.4 is 4.90 Å². The van der Waals surface area contributed by atoms with E-state index in [0.717, 1.165) is 10.9 Å². The molecule has 0 saturated carbocycles. The average molecular weight is 320 g/mol. The fourth-order valence-corrected chi connectivity index (χ4v) is 2.90. The molecule has 0 fully saturated rings. The van der Waals surface area contributed by atoms with Crippen molar-refractivity contribution in [2.75, 3.05) is 11.9 Å². The van der Waals surface area contributed by atoms with Crippen LogP contribution in [0.1, 0.15) is 16.0 Å². The van der Waals surface area contributed by atoms with Gasteiger partial charge in [0.05, 0.1) is 12.1 Å². The lowest BCUT2D eigenvalue weighted by molar-refractivity contribution is -0.138. The highest BCUT2D eigenvalue weighted by atomic mass is 35.5. The topological polar surface area (TPSA) is 3.24 Å². The van der Waals surface area contributed by atoms with Gasteiger partial charge in [0, 0.05) is 23.5 Å². The molecule has 0 N–H and O–H groups in total. The van der Waals surface area contributed by atoms with E-state index in [4.69, 9.17) is 11.6 Å². The van der Waals surface area contributed by atoms with Crippen molar-refractivity contribution in [3.8, 4) is 0 Å². The van der Waals surface area contributed by atoms with Crippen LogP contribution in [0.25, 0.3) is 0 Å². The second-order valence-electron chi connectivity index (χ2n) is 4.41. The SMILES string of the molecule is CN(Cc1cccs1)c1ccc(CCl)c(C(F)(F)F)c1. The molecule has 2 rings (SSSR count). The normalized spacial score (nSPS) is 11.7. The molecule has 0 radical (unpaired) electrons. The number of nitrogens with zero attached hydrogens (tertiary/aromatic N) is 1. The Bertz CT molecular complexity index is 566. The van der Waals surface area contributed by atoms with E-state index in [1.54, 1.807) is 29.4 Å². The number of rotatable bonds is 4. The fraction of sp³-hybridized carbons (Fsp3) is 0.286. The van der Waals surface area contributed by atoms with Gasteiger partial charge in [-0.15, -0.1) is 22.9 Å². The van der Waals surface area contributed by atoms with E-state index in [1.165, 1.54) is 6.07 Å². The third-order valence-corrected chi connectivity index (χ3v) is 4.11. The minimum absolute atomic E-state index is 0.104. The van der Waals surface area contributed by atoms with Crippen LogP contribution in [0.2, 0.25) is 0 Å². The van der Waals surface area contributed by atoms with Crippen LogP contribution in [0, 0.1) is 0 Å². The Hall–Kier alpha value is -1.20. The summed E-state index contributed by atoms with van der Waals surface area (Å²) < 4.78 is 38.9. The number of benzene rings is 1. The summed E-state index contributed by atoms with van der Waals surface area (Å²) >= 11 is 7.15. The number of thiophene rings is 1. The number of alkyl halides is 4. The van der Waals surface area contributed by atoms with Crippen molar-refractivity contribution in [1.29, 1.82) is 0 Å². The number of anilines is 1. The maximum absolute atomic E-state index is 13.0. The molecule has 20 heavy (non-hydrogen) atoms. The Kier molecular flexibility index (Phi) is 4.60. The van der Waals surface area contributed by atoms with E-state index in [1.807, 2.05) is 17.5 Å². The molecule has 0 bridgehead atoms. The molecule has 0 aliphatic carbocycles. The van der Waals surface area contributed by atoms with Gasteiger partial charge >= 0.3 is 6.18 Å². The van der Waals surface area contributed by atoms with Crippen LogP contribution in [-0.4, -0.2) is 7.05 Å². The van der Waals surface area contributed by atoms with Crippen molar-refractivity contribution >= 4 is 28.6 Å². The van der Waals surface area contributed by atoms with Crippen LogP contribution >= 0.6 is 22.9 Å². The van der Waals surface area contributed by atoms with Crippen molar-refractivity contribution in [1.82, 2.24) is 0 Å². The molecule has 0 aliphatic heterocycles. The van der Waals surface area contributed by atoms with Gasteiger partial charge in [-0.2, -0.15) is 13.2 Å². The molecular formula is C14H13ClF3NS. The van der Waals surface area contributed by atoms with E-state index in [0.29, 0.717) is 12.2 Å². The molecule has 1 nitrogen and oxygen atoms in total. The summed E-state index contributed by atoms with van der Waals surface area (Å²) in [5.74, 6) is -0.149. The van der Waals surface area contributed by atoms with Crippen molar-refractivity contribution in [3.63, 3.8) is 0 Å². The zero-order valence-electron chi connectivity index (χ0n) is 10.7. The lowest BCUT2D eigenvalue weighted by Gasteiger charge is -2.21. The molecule has 1 heterocycles. The number of halogens is 4. The summed E-state index contributed by atoms with van der Waals surface area (Å²) in [7, 11) is 1.77. The summed E-state index contributed by atoms with van der Waals surface area (Å²) in [6, 6.07) is 8.15. The first-order valence-electron chi connectivity index (χ1n) is 5.91. The first-order valence-corrected chi connectivity index (χ1v) is 7.33. The predicted molar refractivity (Wildman–Crippen MR) is 77.4 cm³/mol. The van der Waals surface area contributed by atoms with Gasteiger partial charge in [-0.1, -0.05) is 12.1 Å². The highest BCUT2D eigenvalue weighted by Gasteiger charge is 2.33. The Balaban J connectivity index is 2.28. The molecule has 0 spiro atoms. The minimum Gasteiger partial charge on any atom is -0.369 e. The third kappa shape index (κ3) is 3.46. The van der Waals surface area contributed by atoms with E-state index in [2.05, 4.69) is 0 Å². The summed E-state index contributed by atoms with van der Waals surface area (Å²) in [4.78, 5) is 2.89. The molecule has 0 unspecified atom stereocenters. The van der Waals surface area contributed by atoms with Crippen molar-refractivity contribution in [2.24, 2.45) is 0 Å². The predicted octanol–water partition coefficient (Wildman–Crippen LogP) is 5.14.